The van der Waals surface area contributed by atoms with E-state index in [0.29, 0.717) is 5.15 Å². The van der Waals surface area contributed by atoms with Gasteiger partial charge in [0.1, 0.15) is 16.4 Å². The quantitative estimate of drug-likeness (QED) is 0.736. The molecule has 0 saturated carbocycles. The minimum atomic E-state index is 0.146. The van der Waals surface area contributed by atoms with Crippen LogP contribution in [-0.2, 0) is 5.54 Å². The average molecular weight is 263 g/mol. The van der Waals surface area contributed by atoms with Crippen molar-refractivity contribution in [3.8, 4) is 0 Å². The molecule has 0 spiro atoms. The Kier molecular flexibility index (Phi) is 2.24. The smallest absolute Gasteiger partial charge is 0.152 e. The van der Waals surface area contributed by atoms with Crippen LogP contribution in [0.15, 0.2) is 22.6 Å². The third-order valence-electron chi connectivity index (χ3n) is 4.44. The summed E-state index contributed by atoms with van der Waals surface area (Å²) in [6, 6.07) is 5.79. The molecule has 2 aliphatic rings. The number of pyridine rings is 1. The highest BCUT2D eigenvalue weighted by Gasteiger charge is 2.47. The van der Waals surface area contributed by atoms with Crippen molar-refractivity contribution in [1.29, 1.82) is 0 Å². The van der Waals surface area contributed by atoms with E-state index in [0.717, 1.165) is 16.9 Å². The van der Waals surface area contributed by atoms with E-state index in [2.05, 4.69) is 16.0 Å². The third kappa shape index (κ3) is 1.38. The van der Waals surface area contributed by atoms with E-state index in [4.69, 9.17) is 16.0 Å². The van der Waals surface area contributed by atoms with Crippen LogP contribution in [0.2, 0.25) is 5.15 Å². The van der Waals surface area contributed by atoms with Gasteiger partial charge in [-0.1, -0.05) is 11.6 Å². The minimum absolute atomic E-state index is 0.146. The number of aromatic nitrogens is 1. The summed E-state index contributed by atoms with van der Waals surface area (Å²) in [6.07, 6.45) is 4.96. The molecule has 18 heavy (non-hydrogen) atoms. The van der Waals surface area contributed by atoms with Crippen molar-refractivity contribution in [3.63, 3.8) is 0 Å². The Morgan fingerprint density at radius 3 is 2.78 bits per heavy atom. The Balaban J connectivity index is 1.87. The van der Waals surface area contributed by atoms with Crippen LogP contribution in [0, 0.1) is 0 Å². The fourth-order valence-electron chi connectivity index (χ4n) is 3.64. The van der Waals surface area contributed by atoms with Crippen molar-refractivity contribution in [2.24, 2.45) is 0 Å². The predicted octanol–water partition coefficient (Wildman–Crippen LogP) is 3.57. The molecule has 4 rings (SSSR count). The molecule has 0 aromatic carbocycles. The molecule has 4 heteroatoms. The molecule has 0 unspecified atom stereocenters. The standard InChI is InChI=1S/C14H15ClN2O/c15-13-4-3-11-10(16-13)9-12(18-11)14-5-1-7-17(14)8-2-6-14/h3-4,9H,1-2,5-8H2. The number of nitrogens with zero attached hydrogens (tertiary/aromatic N) is 2. The highest BCUT2D eigenvalue weighted by Crippen LogP contribution is 2.47. The monoisotopic (exact) mass is 262 g/mol. The molecule has 0 atom stereocenters. The van der Waals surface area contributed by atoms with Crippen molar-refractivity contribution in [3.05, 3.63) is 29.1 Å². The Morgan fingerprint density at radius 2 is 2.00 bits per heavy atom. The first-order valence-electron chi connectivity index (χ1n) is 6.60. The zero-order valence-electron chi connectivity index (χ0n) is 10.2. The van der Waals surface area contributed by atoms with Crippen LogP contribution < -0.4 is 0 Å². The average Bonchev–Trinajstić information content (AvgIpc) is 2.99. The van der Waals surface area contributed by atoms with Crippen LogP contribution in [0.4, 0.5) is 0 Å². The summed E-state index contributed by atoms with van der Waals surface area (Å²) in [4.78, 5) is 6.91. The highest BCUT2D eigenvalue weighted by atomic mass is 35.5. The largest absolute Gasteiger partial charge is 0.457 e. The molecule has 2 fully saturated rings. The number of halogens is 1. The van der Waals surface area contributed by atoms with Gasteiger partial charge in [-0.15, -0.1) is 0 Å². The molecule has 2 aromatic rings. The molecule has 0 aliphatic carbocycles. The van der Waals surface area contributed by atoms with Crippen LogP contribution in [0.5, 0.6) is 0 Å². The number of rotatable bonds is 1. The first-order chi connectivity index (χ1) is 8.78. The van der Waals surface area contributed by atoms with Gasteiger partial charge in [-0.2, -0.15) is 0 Å². The van der Waals surface area contributed by atoms with E-state index in [1.165, 1.54) is 38.8 Å². The van der Waals surface area contributed by atoms with Gasteiger partial charge in [0.15, 0.2) is 5.58 Å². The number of hydrogen-bond donors (Lipinski definition) is 0. The number of furan rings is 1. The lowest BCUT2D eigenvalue weighted by Gasteiger charge is -2.29. The minimum Gasteiger partial charge on any atom is -0.457 e. The Labute approximate surface area is 111 Å². The molecule has 2 aliphatic heterocycles. The van der Waals surface area contributed by atoms with E-state index in [1.54, 1.807) is 6.07 Å². The molecule has 2 aromatic heterocycles. The Morgan fingerprint density at radius 1 is 1.22 bits per heavy atom. The number of fused-ring (bicyclic) bond motifs is 2. The molecule has 0 bridgehead atoms. The van der Waals surface area contributed by atoms with Gasteiger partial charge in [-0.25, -0.2) is 4.98 Å². The maximum atomic E-state index is 6.05. The van der Waals surface area contributed by atoms with Crippen LogP contribution in [0.1, 0.15) is 31.4 Å². The van der Waals surface area contributed by atoms with Gasteiger partial charge in [0.25, 0.3) is 0 Å². The summed E-state index contributed by atoms with van der Waals surface area (Å²) in [6.45, 7) is 2.40. The van der Waals surface area contributed by atoms with E-state index < -0.39 is 0 Å². The van der Waals surface area contributed by atoms with Crippen molar-refractivity contribution >= 4 is 22.7 Å². The summed E-state index contributed by atoms with van der Waals surface area (Å²) in [5, 5.41) is 0.530. The molecule has 0 radical (unpaired) electrons. The third-order valence-corrected chi connectivity index (χ3v) is 4.65. The lowest BCUT2D eigenvalue weighted by molar-refractivity contribution is 0.166. The van der Waals surface area contributed by atoms with E-state index in [1.807, 2.05) is 6.07 Å². The van der Waals surface area contributed by atoms with Gasteiger partial charge in [0.05, 0.1) is 5.54 Å². The highest BCUT2D eigenvalue weighted by molar-refractivity contribution is 6.29. The van der Waals surface area contributed by atoms with Crippen LogP contribution in [0.3, 0.4) is 0 Å². The van der Waals surface area contributed by atoms with E-state index in [-0.39, 0.29) is 5.54 Å². The second-order valence-corrected chi connectivity index (χ2v) is 5.74. The van der Waals surface area contributed by atoms with Crippen LogP contribution in [-0.4, -0.2) is 23.0 Å². The van der Waals surface area contributed by atoms with Gasteiger partial charge in [0, 0.05) is 6.07 Å². The fourth-order valence-corrected chi connectivity index (χ4v) is 3.79. The van der Waals surface area contributed by atoms with Gasteiger partial charge >= 0.3 is 0 Å². The van der Waals surface area contributed by atoms with Crippen LogP contribution >= 0.6 is 11.6 Å². The maximum absolute atomic E-state index is 6.05. The topological polar surface area (TPSA) is 29.3 Å². The van der Waals surface area contributed by atoms with Crippen molar-refractivity contribution in [2.45, 2.75) is 31.2 Å². The van der Waals surface area contributed by atoms with Crippen molar-refractivity contribution in [2.75, 3.05) is 13.1 Å². The lowest BCUT2D eigenvalue weighted by Crippen LogP contribution is -2.34. The van der Waals surface area contributed by atoms with Gasteiger partial charge in [-0.3, -0.25) is 4.90 Å². The summed E-state index contributed by atoms with van der Waals surface area (Å²) >= 11 is 5.93. The van der Waals surface area contributed by atoms with Gasteiger partial charge in [-0.05, 0) is 50.9 Å². The molecule has 4 heterocycles. The van der Waals surface area contributed by atoms with Crippen molar-refractivity contribution < 1.29 is 4.42 Å². The van der Waals surface area contributed by atoms with Crippen LogP contribution in [0.25, 0.3) is 11.1 Å². The fraction of sp³-hybridized carbons (Fsp3) is 0.500. The molecule has 3 nitrogen and oxygen atoms in total. The van der Waals surface area contributed by atoms with Gasteiger partial charge in [0.2, 0.25) is 0 Å². The molecule has 2 saturated heterocycles. The van der Waals surface area contributed by atoms with E-state index >= 15 is 0 Å². The van der Waals surface area contributed by atoms with Gasteiger partial charge < -0.3 is 4.42 Å². The second-order valence-electron chi connectivity index (χ2n) is 5.35. The normalized spacial score (nSPS) is 22.7. The second kappa shape index (κ2) is 3.72. The maximum Gasteiger partial charge on any atom is 0.152 e. The zero-order chi connectivity index (χ0) is 12.2. The Hall–Kier alpha value is -1.06. The SMILES string of the molecule is Clc1ccc2oc(C34CCCN3CCC4)cc2n1. The summed E-state index contributed by atoms with van der Waals surface area (Å²) in [7, 11) is 0. The summed E-state index contributed by atoms with van der Waals surface area (Å²) in [5.74, 6) is 1.09. The van der Waals surface area contributed by atoms with E-state index in [9.17, 15) is 0 Å². The Bertz CT molecular complexity index is 597. The summed E-state index contributed by atoms with van der Waals surface area (Å²) < 4.78 is 6.05. The predicted molar refractivity (Wildman–Crippen MR) is 70.7 cm³/mol. The molecular weight excluding hydrogens is 248 g/mol. The molecule has 0 amide bonds. The lowest BCUT2D eigenvalue weighted by atomic mass is 9.91. The first-order valence-corrected chi connectivity index (χ1v) is 6.97. The molecule has 94 valence electrons. The number of hydrogen-bond acceptors (Lipinski definition) is 3. The first kappa shape index (κ1) is 10.8. The zero-order valence-corrected chi connectivity index (χ0v) is 10.9. The van der Waals surface area contributed by atoms with Crippen molar-refractivity contribution in [1.82, 2.24) is 9.88 Å². The molecule has 0 N–H and O–H groups in total. The summed E-state index contributed by atoms with van der Waals surface area (Å²) in [5.41, 5.74) is 1.88. The molecular formula is C14H15ClN2O.